The third kappa shape index (κ3) is 7.93. The van der Waals surface area contributed by atoms with Gasteiger partial charge in [0.05, 0.1) is 66.8 Å². The molecule has 3 aromatic carbocycles. The Hall–Kier alpha value is -6.85. The molecule has 2 saturated heterocycles. The lowest BCUT2D eigenvalue weighted by molar-refractivity contribution is -0.139. The summed E-state index contributed by atoms with van der Waals surface area (Å²) in [5.74, 6) is -0.857. The van der Waals surface area contributed by atoms with Crippen molar-refractivity contribution in [2.45, 2.75) is 77.0 Å². The Labute approximate surface area is 359 Å². The van der Waals surface area contributed by atoms with E-state index in [4.69, 9.17) is 9.15 Å². The molecule has 330 valence electrons. The minimum atomic E-state index is -1.31. The van der Waals surface area contributed by atoms with Gasteiger partial charge in [0.25, 0.3) is 0 Å². The Morgan fingerprint density at radius 3 is 1.97 bits per heavy atom. The van der Waals surface area contributed by atoms with Gasteiger partial charge in [0.2, 0.25) is 17.2 Å². The van der Waals surface area contributed by atoms with Crippen LogP contribution < -0.4 is 10.7 Å². The van der Waals surface area contributed by atoms with Crippen LogP contribution in [0.3, 0.4) is 0 Å². The van der Waals surface area contributed by atoms with Gasteiger partial charge in [-0.1, -0.05) is 45.9 Å². The summed E-state index contributed by atoms with van der Waals surface area (Å²) in [6.45, 7) is 6.69. The number of ether oxygens (including phenoxy) is 1. The molecule has 6 atom stereocenters. The number of benzene rings is 3. The average Bonchev–Trinajstić information content (AvgIpc) is 4.08. The van der Waals surface area contributed by atoms with E-state index in [2.05, 4.69) is 25.3 Å². The maximum atomic E-state index is 14.9. The van der Waals surface area contributed by atoms with Crippen LogP contribution >= 0.6 is 0 Å². The molecule has 6 aromatic rings. The molecule has 0 spiro atoms. The maximum Gasteiger partial charge on any atom is 0.407 e. The number of halogens is 2. The summed E-state index contributed by atoms with van der Waals surface area (Å²) in [6.07, 6.45) is -1.45. The van der Waals surface area contributed by atoms with Crippen LogP contribution in [0.2, 0.25) is 0 Å². The molecule has 0 saturated carbocycles. The number of rotatable bonds is 10. The molecule has 0 aliphatic carbocycles. The van der Waals surface area contributed by atoms with Crippen molar-refractivity contribution >= 4 is 56.7 Å². The number of aromatic amines is 2. The Balaban J connectivity index is 1.07. The molecule has 2 aliphatic rings. The highest BCUT2D eigenvalue weighted by Crippen LogP contribution is 2.37. The number of likely N-dealkylation sites (tertiary alicyclic amines) is 2. The van der Waals surface area contributed by atoms with Crippen molar-refractivity contribution in [2.75, 3.05) is 27.2 Å². The molecule has 0 unspecified atom stereocenters. The number of H-pyrrole nitrogens is 2. The summed E-state index contributed by atoms with van der Waals surface area (Å²) in [7, 11) is 2.53. The summed E-state index contributed by atoms with van der Waals surface area (Å²) in [5, 5.41) is 14.2. The maximum absolute atomic E-state index is 14.9. The molecule has 0 radical (unpaired) electrons. The van der Waals surface area contributed by atoms with E-state index in [1.54, 1.807) is 64.4 Å². The Morgan fingerprint density at radius 2 is 1.40 bits per heavy atom. The highest BCUT2D eigenvalue weighted by molar-refractivity contribution is 6.09. The lowest BCUT2D eigenvalue weighted by Crippen LogP contribution is -2.51. The fourth-order valence-corrected chi connectivity index (χ4v) is 8.96. The summed E-state index contributed by atoms with van der Waals surface area (Å²) in [5.41, 5.74) is 2.97. The minimum absolute atomic E-state index is 0.00711. The zero-order chi connectivity index (χ0) is 45.0. The van der Waals surface area contributed by atoms with E-state index in [0.717, 1.165) is 15.8 Å². The van der Waals surface area contributed by atoms with E-state index < -0.39 is 60.5 Å². The van der Waals surface area contributed by atoms with Crippen molar-refractivity contribution in [2.24, 2.45) is 11.8 Å². The van der Waals surface area contributed by atoms with Crippen LogP contribution in [0.25, 0.3) is 55.2 Å². The van der Waals surface area contributed by atoms with Crippen LogP contribution in [0.1, 0.15) is 64.3 Å². The Kier molecular flexibility index (Phi) is 11.4. The van der Waals surface area contributed by atoms with Crippen LogP contribution in [0, 0.1) is 11.8 Å². The van der Waals surface area contributed by atoms with Crippen LogP contribution in [0.5, 0.6) is 0 Å². The number of hydrogen-bond donors (Lipinski definition) is 4. The number of nitrogens with zero attached hydrogens (tertiary/aromatic N) is 5. The summed E-state index contributed by atoms with van der Waals surface area (Å²) in [6, 6.07) is 10.9. The first-order valence-electron chi connectivity index (χ1n) is 20.8. The summed E-state index contributed by atoms with van der Waals surface area (Å²) >= 11 is 0. The smallest absolute Gasteiger partial charge is 0.407 e. The van der Waals surface area contributed by atoms with Gasteiger partial charge in [-0.05, 0) is 52.9 Å². The number of aromatic nitrogens is 4. The molecule has 18 heteroatoms. The quantitative estimate of drug-likeness (QED) is 0.0810. The molecule has 4 amide bonds. The van der Waals surface area contributed by atoms with Crippen LogP contribution in [0.15, 0.2) is 70.1 Å². The number of likely N-dealkylation sites (N-methyl/N-ethyl adjacent to an activating group) is 1. The van der Waals surface area contributed by atoms with Crippen LogP contribution in [-0.4, -0.2) is 115 Å². The van der Waals surface area contributed by atoms with Crippen molar-refractivity contribution in [3.63, 3.8) is 0 Å². The number of nitrogens with one attached hydrogen (secondary N) is 3. The molecule has 5 heterocycles. The lowest BCUT2D eigenvalue weighted by Gasteiger charge is -2.33. The second-order valence-electron chi connectivity index (χ2n) is 17.0. The molecule has 2 fully saturated rings. The molecule has 8 rings (SSSR count). The number of methoxy groups -OCH3 is 1. The number of hydrogen-bond acceptors (Lipinski definition) is 9. The molecule has 16 nitrogen and oxygen atoms in total. The van der Waals surface area contributed by atoms with E-state index >= 15 is 0 Å². The zero-order valence-corrected chi connectivity index (χ0v) is 35.5. The van der Waals surface area contributed by atoms with Gasteiger partial charge in [-0.15, -0.1) is 0 Å². The van der Waals surface area contributed by atoms with Gasteiger partial charge in [0, 0.05) is 31.0 Å². The van der Waals surface area contributed by atoms with Gasteiger partial charge in [-0.25, -0.2) is 28.3 Å². The van der Waals surface area contributed by atoms with E-state index in [1.165, 1.54) is 24.0 Å². The number of imidazole rings is 2. The number of amides is 4. The molecule has 4 N–H and O–H groups in total. The predicted molar refractivity (Wildman–Crippen MR) is 229 cm³/mol. The van der Waals surface area contributed by atoms with Crippen LogP contribution in [0.4, 0.5) is 18.4 Å². The van der Waals surface area contributed by atoms with Crippen LogP contribution in [-0.2, 0) is 14.3 Å². The van der Waals surface area contributed by atoms with E-state index in [9.17, 15) is 37.9 Å². The van der Waals surface area contributed by atoms with Gasteiger partial charge < -0.3 is 39.3 Å². The third-order valence-electron chi connectivity index (χ3n) is 12.2. The molecule has 2 aliphatic heterocycles. The van der Waals surface area contributed by atoms with Crippen molar-refractivity contribution < 1.29 is 42.2 Å². The van der Waals surface area contributed by atoms with Crippen molar-refractivity contribution in [1.82, 2.24) is 40.0 Å². The van der Waals surface area contributed by atoms with Gasteiger partial charge in [0.15, 0.2) is 0 Å². The van der Waals surface area contributed by atoms with Gasteiger partial charge >= 0.3 is 12.2 Å². The molecule has 3 aromatic heterocycles. The second-order valence-corrected chi connectivity index (χ2v) is 17.0. The van der Waals surface area contributed by atoms with Gasteiger partial charge in [-0.3, -0.25) is 19.3 Å². The fraction of sp³-hybridized carbons (Fsp3) is 0.400. The normalized spacial score (nSPS) is 20.0. The first kappa shape index (κ1) is 42.8. The fourth-order valence-electron chi connectivity index (χ4n) is 8.96. The molecule has 0 bridgehead atoms. The largest absolute Gasteiger partial charge is 0.465 e. The number of fused-ring (bicyclic) bond motifs is 4. The number of carboxylic acid groups (broad SMARTS) is 1. The van der Waals surface area contributed by atoms with Crippen molar-refractivity contribution in [3.05, 3.63) is 82.8 Å². The highest BCUT2D eigenvalue weighted by Gasteiger charge is 2.44. The van der Waals surface area contributed by atoms with Gasteiger partial charge in [0.1, 0.15) is 47.2 Å². The number of carbonyl (C=O) groups excluding carboxylic acids is 3. The van der Waals surface area contributed by atoms with E-state index in [-0.39, 0.29) is 43.2 Å². The monoisotopic (exact) mass is 866 g/mol. The zero-order valence-electron chi connectivity index (χ0n) is 35.5. The predicted octanol–water partition coefficient (Wildman–Crippen LogP) is 7.12. The number of alkyl halides is 2. The standard InChI is InChI=1S/C45H48F2N8O8/c1-21(2)37(52-44(59)62-6)42(57)54-19-26(46)15-32(54)40-49-18-31(51-40)25-9-11-34-29(14-25)39(56)36-28-10-7-24(13-23(28)8-12-35(36)63-34)30-17-48-41(50-30)33-16-27(47)20-55(33)43(58)38(22(3)4)53(5)45(60)61/h7-14,17-18,21-22,26-27,32-33,37-38H,15-16,19-20H2,1-6H3,(H,48,50)(H,49,51)(H,52,59)(H,60,61)/t26-,27-,32+,33+,37+,38+/m1/s1. The van der Waals surface area contributed by atoms with Gasteiger partial charge in [-0.2, -0.15) is 0 Å². The Bertz CT molecular complexity index is 2820. The van der Waals surface area contributed by atoms with E-state index in [0.29, 0.717) is 55.9 Å². The summed E-state index contributed by atoms with van der Waals surface area (Å²) < 4.78 is 40.8. The highest BCUT2D eigenvalue weighted by atomic mass is 19.1. The number of carbonyl (C=O) groups is 4. The SMILES string of the molecule is COC(=O)N[C@H](C(=O)N1C[C@H](F)C[C@H]1c1ncc(-c2ccc3oc4ccc5cc(-c6cnc([C@@H]7C[C@@H](F)CN7C(=O)[C@H](C(C)C)N(C)C(=O)O)[nH]6)ccc5c4c(=O)c3c2)[nH]1)C(C)C. The first-order valence-corrected chi connectivity index (χ1v) is 20.8. The van der Waals surface area contributed by atoms with Crippen molar-refractivity contribution in [1.29, 1.82) is 0 Å². The second kappa shape index (κ2) is 16.8. The Morgan fingerprint density at radius 1 is 0.825 bits per heavy atom. The summed E-state index contributed by atoms with van der Waals surface area (Å²) in [4.78, 5) is 84.7. The molecular weight excluding hydrogens is 819 g/mol. The van der Waals surface area contributed by atoms with Crippen molar-refractivity contribution in [3.8, 4) is 22.5 Å². The number of alkyl carbamates (subject to hydrolysis) is 1. The first-order chi connectivity index (χ1) is 30.0. The minimum Gasteiger partial charge on any atom is -0.465 e. The van der Waals surface area contributed by atoms with E-state index in [1.807, 2.05) is 24.3 Å². The lowest BCUT2D eigenvalue weighted by atomic mass is 10.00. The molecular formula is C45H48F2N8O8. The average molecular weight is 867 g/mol. The molecule has 63 heavy (non-hydrogen) atoms. The topological polar surface area (TPSA) is 207 Å². The third-order valence-corrected chi connectivity index (χ3v) is 12.2.